The quantitative estimate of drug-likeness (QED) is 0.723. The molecule has 1 unspecified atom stereocenters. The summed E-state index contributed by atoms with van der Waals surface area (Å²) < 4.78 is 0. The van der Waals surface area contributed by atoms with E-state index in [-0.39, 0.29) is 11.6 Å². The van der Waals surface area contributed by atoms with Gasteiger partial charge >= 0.3 is 5.69 Å². The number of aromatic nitrogens is 2. The van der Waals surface area contributed by atoms with Crippen molar-refractivity contribution in [2.45, 2.75) is 50.6 Å². The van der Waals surface area contributed by atoms with E-state index in [1.807, 2.05) is 11.0 Å². The third-order valence-electron chi connectivity index (χ3n) is 6.09. The van der Waals surface area contributed by atoms with Crippen molar-refractivity contribution in [2.24, 2.45) is 5.73 Å². The number of H-pyrrole nitrogens is 2. The van der Waals surface area contributed by atoms with Crippen molar-refractivity contribution in [2.75, 3.05) is 26.2 Å². The molecule has 2 aromatic rings. The maximum absolute atomic E-state index is 12.8. The number of rotatable bonds is 4. The first-order valence-corrected chi connectivity index (χ1v) is 10.6. The van der Waals surface area contributed by atoms with Crippen molar-refractivity contribution in [3.05, 3.63) is 33.2 Å². The van der Waals surface area contributed by atoms with Crippen LogP contribution in [0.15, 0.2) is 16.9 Å². The van der Waals surface area contributed by atoms with Gasteiger partial charge in [-0.3, -0.25) is 4.79 Å². The first-order chi connectivity index (χ1) is 13.5. The standard InChI is InChI=1S/C20H28ClN5O2/c21-15-10-13(12-17-18(15)24-20(28)23-17)11-16(22)19(27)26-8-4-14(5-9-26)25-6-2-1-3-7-25/h10,12,14,16H,1-9,11,22H2,(H2,23,24,28). The molecule has 4 N–H and O–H groups in total. The number of fused-ring (bicyclic) bond motifs is 1. The Balaban J connectivity index is 1.35. The van der Waals surface area contributed by atoms with E-state index < -0.39 is 6.04 Å². The molecule has 1 atom stereocenters. The number of carbonyl (C=O) groups excluding carboxylic acids is 1. The Labute approximate surface area is 169 Å². The number of carbonyl (C=O) groups is 1. The molecule has 3 heterocycles. The number of nitrogens with one attached hydrogen (secondary N) is 2. The summed E-state index contributed by atoms with van der Waals surface area (Å²) in [5, 5.41) is 0.452. The molecule has 0 spiro atoms. The highest BCUT2D eigenvalue weighted by Gasteiger charge is 2.29. The molecule has 152 valence electrons. The van der Waals surface area contributed by atoms with Gasteiger partial charge < -0.3 is 25.5 Å². The zero-order valence-corrected chi connectivity index (χ0v) is 16.8. The summed E-state index contributed by atoms with van der Waals surface area (Å²) in [5.41, 5.74) is 7.99. The normalized spacial score (nSPS) is 20.6. The molecule has 0 radical (unpaired) electrons. The first-order valence-electron chi connectivity index (χ1n) is 10.2. The van der Waals surface area contributed by atoms with Crippen LogP contribution in [0.2, 0.25) is 5.02 Å². The minimum atomic E-state index is -0.606. The minimum absolute atomic E-state index is 0.00382. The number of aromatic amines is 2. The van der Waals surface area contributed by atoms with E-state index in [2.05, 4.69) is 14.9 Å². The molecular formula is C20H28ClN5O2. The van der Waals surface area contributed by atoms with Gasteiger partial charge in [0.25, 0.3) is 0 Å². The zero-order chi connectivity index (χ0) is 19.7. The number of piperidine rings is 2. The maximum atomic E-state index is 12.8. The number of nitrogens with zero attached hydrogens (tertiary/aromatic N) is 2. The van der Waals surface area contributed by atoms with E-state index in [1.165, 1.54) is 32.4 Å². The summed E-state index contributed by atoms with van der Waals surface area (Å²) in [5.74, 6) is -0.00382. The van der Waals surface area contributed by atoms with Crippen molar-refractivity contribution in [3.63, 3.8) is 0 Å². The first kappa shape index (κ1) is 19.5. The van der Waals surface area contributed by atoms with Crippen LogP contribution < -0.4 is 11.4 Å². The van der Waals surface area contributed by atoms with Gasteiger partial charge in [0.2, 0.25) is 5.91 Å². The maximum Gasteiger partial charge on any atom is 0.323 e. The summed E-state index contributed by atoms with van der Waals surface area (Å²) in [6, 6.07) is 3.59. The lowest BCUT2D eigenvalue weighted by molar-refractivity contribution is -0.134. The third-order valence-corrected chi connectivity index (χ3v) is 6.39. The number of nitrogens with two attached hydrogens (primary N) is 1. The van der Waals surface area contributed by atoms with E-state index in [9.17, 15) is 9.59 Å². The highest BCUT2D eigenvalue weighted by atomic mass is 35.5. The van der Waals surface area contributed by atoms with Crippen LogP contribution in [0.1, 0.15) is 37.7 Å². The number of likely N-dealkylation sites (tertiary alicyclic amines) is 2. The van der Waals surface area contributed by atoms with Gasteiger partial charge in [0.15, 0.2) is 0 Å². The molecule has 2 aliphatic rings. The van der Waals surface area contributed by atoms with Crippen LogP contribution in [-0.2, 0) is 11.2 Å². The van der Waals surface area contributed by atoms with Crippen LogP contribution in [0.3, 0.4) is 0 Å². The van der Waals surface area contributed by atoms with Crippen LogP contribution in [-0.4, -0.2) is 63.9 Å². The fraction of sp³-hybridized carbons (Fsp3) is 0.600. The van der Waals surface area contributed by atoms with Crippen molar-refractivity contribution in [1.82, 2.24) is 19.8 Å². The Kier molecular flexibility index (Phi) is 5.75. The second-order valence-electron chi connectivity index (χ2n) is 8.04. The Bertz CT molecular complexity index is 894. The van der Waals surface area contributed by atoms with Gasteiger partial charge in [0.1, 0.15) is 0 Å². The molecular weight excluding hydrogens is 378 g/mol. The van der Waals surface area contributed by atoms with E-state index >= 15 is 0 Å². The molecule has 4 rings (SSSR count). The second kappa shape index (κ2) is 8.27. The molecule has 2 aliphatic heterocycles. The monoisotopic (exact) mass is 405 g/mol. The van der Waals surface area contributed by atoms with Crippen LogP contribution in [0.25, 0.3) is 11.0 Å². The summed E-state index contributed by atoms with van der Waals surface area (Å²) in [6.45, 7) is 3.95. The molecule has 0 saturated carbocycles. The Hall–Kier alpha value is -1.83. The molecule has 0 aliphatic carbocycles. The number of hydrogen-bond acceptors (Lipinski definition) is 4. The summed E-state index contributed by atoms with van der Waals surface area (Å²) in [6.07, 6.45) is 6.39. The highest BCUT2D eigenvalue weighted by molar-refractivity contribution is 6.35. The molecule has 1 aromatic carbocycles. The Morgan fingerprint density at radius 1 is 1.14 bits per heavy atom. The van der Waals surface area contributed by atoms with E-state index in [0.29, 0.717) is 28.5 Å². The number of imidazole rings is 1. The molecule has 7 nitrogen and oxygen atoms in total. The summed E-state index contributed by atoms with van der Waals surface area (Å²) in [4.78, 5) is 34.2. The van der Waals surface area contributed by atoms with Crippen molar-refractivity contribution in [1.29, 1.82) is 0 Å². The third kappa shape index (κ3) is 4.11. The number of halogens is 1. The van der Waals surface area contributed by atoms with Gasteiger partial charge in [0, 0.05) is 19.1 Å². The lowest BCUT2D eigenvalue weighted by Gasteiger charge is -2.40. The van der Waals surface area contributed by atoms with Gasteiger partial charge in [-0.05, 0) is 62.9 Å². The lowest BCUT2D eigenvalue weighted by Crippen LogP contribution is -2.52. The predicted octanol–water partition coefficient (Wildman–Crippen LogP) is 1.86. The lowest BCUT2D eigenvalue weighted by atomic mass is 9.98. The van der Waals surface area contributed by atoms with Gasteiger partial charge in [0.05, 0.1) is 22.1 Å². The topological polar surface area (TPSA) is 98.2 Å². The van der Waals surface area contributed by atoms with Crippen LogP contribution in [0.5, 0.6) is 0 Å². The van der Waals surface area contributed by atoms with Crippen molar-refractivity contribution >= 4 is 28.5 Å². The number of hydrogen-bond donors (Lipinski definition) is 3. The fourth-order valence-electron chi connectivity index (χ4n) is 4.58. The molecule has 2 fully saturated rings. The highest BCUT2D eigenvalue weighted by Crippen LogP contribution is 2.24. The zero-order valence-electron chi connectivity index (χ0n) is 16.0. The number of amides is 1. The SMILES string of the molecule is NC(Cc1cc(Cl)c2[nH]c(=O)[nH]c2c1)C(=O)N1CCC(N2CCCCC2)CC1. The molecule has 2 saturated heterocycles. The van der Waals surface area contributed by atoms with Gasteiger partial charge in [-0.15, -0.1) is 0 Å². The Morgan fingerprint density at radius 3 is 2.57 bits per heavy atom. The summed E-state index contributed by atoms with van der Waals surface area (Å²) >= 11 is 6.25. The molecule has 8 heteroatoms. The number of benzene rings is 1. The van der Waals surface area contributed by atoms with Crippen molar-refractivity contribution < 1.29 is 4.79 Å². The van der Waals surface area contributed by atoms with Gasteiger partial charge in [-0.1, -0.05) is 18.0 Å². The molecule has 1 amide bonds. The summed E-state index contributed by atoms with van der Waals surface area (Å²) in [7, 11) is 0. The average Bonchev–Trinajstić information content (AvgIpc) is 3.09. The average molecular weight is 406 g/mol. The Morgan fingerprint density at radius 2 is 1.86 bits per heavy atom. The van der Waals surface area contributed by atoms with Crippen LogP contribution in [0.4, 0.5) is 0 Å². The van der Waals surface area contributed by atoms with Crippen LogP contribution in [0, 0.1) is 0 Å². The van der Waals surface area contributed by atoms with Crippen LogP contribution >= 0.6 is 11.6 Å². The second-order valence-corrected chi connectivity index (χ2v) is 8.45. The van der Waals surface area contributed by atoms with Gasteiger partial charge in [-0.2, -0.15) is 0 Å². The van der Waals surface area contributed by atoms with E-state index in [1.54, 1.807) is 6.07 Å². The molecule has 28 heavy (non-hydrogen) atoms. The molecule has 1 aromatic heterocycles. The molecule has 0 bridgehead atoms. The predicted molar refractivity (Wildman–Crippen MR) is 111 cm³/mol. The largest absolute Gasteiger partial charge is 0.341 e. The van der Waals surface area contributed by atoms with E-state index in [4.69, 9.17) is 17.3 Å². The van der Waals surface area contributed by atoms with Crippen molar-refractivity contribution in [3.8, 4) is 0 Å². The smallest absolute Gasteiger partial charge is 0.323 e. The van der Waals surface area contributed by atoms with Gasteiger partial charge in [-0.25, -0.2) is 4.79 Å². The fourth-order valence-corrected chi connectivity index (χ4v) is 4.87. The van der Waals surface area contributed by atoms with E-state index in [0.717, 1.165) is 31.5 Å². The minimum Gasteiger partial charge on any atom is -0.341 e.